The average molecular weight is 542 g/mol. The number of carbonyl (C=O) groups excluding carboxylic acids is 2. The lowest BCUT2D eigenvalue weighted by Crippen LogP contribution is -2.31. The zero-order valence-electron chi connectivity index (χ0n) is 22.1. The zero-order chi connectivity index (χ0) is 28.3. The smallest absolute Gasteiger partial charge is 0.416 e. The molecule has 3 atom stereocenters. The maximum atomic E-state index is 13.7. The number of amides is 1. The molecule has 1 fully saturated rings. The van der Waals surface area contributed by atoms with Crippen molar-refractivity contribution in [2.45, 2.75) is 51.6 Å². The summed E-state index contributed by atoms with van der Waals surface area (Å²) in [5.74, 6) is -0.607. The standard InChI is InChI=1S/C30H30F3NO5/c1-5-38-28(35)18(2)21-11-14-26(37-4)25(16-21)24-13-12-23(30(31,32)33)15-22(24)17-34-19(3)27(39-29(34)36)20-9-7-6-8-10-20/h6-16,18-19,27H,5,17H2,1-4H3. The van der Waals surface area contributed by atoms with E-state index in [2.05, 4.69) is 0 Å². The predicted molar refractivity (Wildman–Crippen MR) is 139 cm³/mol. The molecule has 3 aromatic carbocycles. The SMILES string of the molecule is CCOC(=O)C(C)c1ccc(OC)c(-c2ccc(C(F)(F)F)cc2CN2C(=O)OC(c3ccccc3)C2C)c1. The van der Waals surface area contributed by atoms with Gasteiger partial charge in [-0.1, -0.05) is 42.5 Å². The zero-order valence-corrected chi connectivity index (χ0v) is 22.1. The van der Waals surface area contributed by atoms with Crippen molar-refractivity contribution >= 4 is 12.1 Å². The Morgan fingerprint density at radius 2 is 1.77 bits per heavy atom. The number of cyclic esters (lactones) is 1. The summed E-state index contributed by atoms with van der Waals surface area (Å²) in [4.78, 5) is 26.7. The molecule has 3 unspecified atom stereocenters. The van der Waals surface area contributed by atoms with Crippen molar-refractivity contribution in [1.82, 2.24) is 4.90 Å². The van der Waals surface area contributed by atoms with Crippen molar-refractivity contribution in [3.63, 3.8) is 0 Å². The van der Waals surface area contributed by atoms with Crippen LogP contribution in [0.3, 0.4) is 0 Å². The highest BCUT2D eigenvalue weighted by Gasteiger charge is 2.40. The number of nitrogens with zero attached hydrogens (tertiary/aromatic N) is 1. The molecule has 0 N–H and O–H groups in total. The Labute approximate surface area is 225 Å². The quantitative estimate of drug-likeness (QED) is 0.284. The van der Waals surface area contributed by atoms with E-state index >= 15 is 0 Å². The Bertz CT molecular complexity index is 1340. The molecule has 206 valence electrons. The monoisotopic (exact) mass is 541 g/mol. The minimum atomic E-state index is -4.58. The third-order valence-corrected chi connectivity index (χ3v) is 6.95. The molecule has 0 aliphatic carbocycles. The lowest BCUT2D eigenvalue weighted by atomic mass is 9.91. The van der Waals surface area contributed by atoms with Gasteiger partial charge in [0.25, 0.3) is 0 Å². The highest BCUT2D eigenvalue weighted by Crippen LogP contribution is 2.40. The Balaban J connectivity index is 1.78. The molecule has 39 heavy (non-hydrogen) atoms. The molecule has 1 heterocycles. The van der Waals surface area contributed by atoms with Crippen molar-refractivity contribution in [2.75, 3.05) is 13.7 Å². The number of halogens is 3. The van der Waals surface area contributed by atoms with E-state index in [-0.39, 0.29) is 18.7 Å². The maximum Gasteiger partial charge on any atom is 0.416 e. The minimum Gasteiger partial charge on any atom is -0.496 e. The first-order valence-electron chi connectivity index (χ1n) is 12.6. The van der Waals surface area contributed by atoms with Gasteiger partial charge < -0.3 is 14.2 Å². The van der Waals surface area contributed by atoms with Gasteiger partial charge in [-0.2, -0.15) is 13.2 Å². The number of methoxy groups -OCH3 is 1. The third-order valence-electron chi connectivity index (χ3n) is 6.95. The number of carbonyl (C=O) groups is 2. The molecule has 9 heteroatoms. The molecule has 4 rings (SSSR count). The molecule has 0 aromatic heterocycles. The lowest BCUT2D eigenvalue weighted by Gasteiger charge is -2.24. The minimum absolute atomic E-state index is 0.122. The molecule has 1 aliphatic rings. The van der Waals surface area contributed by atoms with Crippen LogP contribution in [-0.4, -0.2) is 36.7 Å². The van der Waals surface area contributed by atoms with Gasteiger partial charge in [-0.3, -0.25) is 9.69 Å². The summed E-state index contributed by atoms with van der Waals surface area (Å²) < 4.78 is 57.5. The van der Waals surface area contributed by atoms with Crippen LogP contribution in [0.2, 0.25) is 0 Å². The lowest BCUT2D eigenvalue weighted by molar-refractivity contribution is -0.144. The highest BCUT2D eigenvalue weighted by atomic mass is 19.4. The number of hydrogen-bond acceptors (Lipinski definition) is 5. The van der Waals surface area contributed by atoms with Crippen LogP contribution < -0.4 is 4.74 Å². The van der Waals surface area contributed by atoms with E-state index in [1.54, 1.807) is 39.0 Å². The first-order chi connectivity index (χ1) is 18.5. The number of rotatable bonds is 8. The molecule has 0 radical (unpaired) electrons. The van der Waals surface area contributed by atoms with Gasteiger partial charge in [0, 0.05) is 5.56 Å². The molecule has 1 amide bonds. The third kappa shape index (κ3) is 5.87. The summed E-state index contributed by atoms with van der Waals surface area (Å²) in [7, 11) is 1.46. The molecule has 1 saturated heterocycles. The van der Waals surface area contributed by atoms with Crippen molar-refractivity contribution < 1.29 is 37.0 Å². The van der Waals surface area contributed by atoms with Crippen LogP contribution in [0.4, 0.5) is 18.0 Å². The molecule has 6 nitrogen and oxygen atoms in total. The largest absolute Gasteiger partial charge is 0.496 e. The first kappa shape index (κ1) is 28.0. The van der Waals surface area contributed by atoms with Gasteiger partial charge in [-0.25, -0.2) is 4.79 Å². The van der Waals surface area contributed by atoms with Crippen LogP contribution in [0.1, 0.15) is 55.0 Å². The van der Waals surface area contributed by atoms with E-state index < -0.39 is 41.9 Å². The summed E-state index contributed by atoms with van der Waals surface area (Å²) in [6.07, 6.45) is -5.76. The van der Waals surface area contributed by atoms with Gasteiger partial charge >= 0.3 is 18.2 Å². The van der Waals surface area contributed by atoms with Crippen molar-refractivity contribution in [2.24, 2.45) is 0 Å². The van der Waals surface area contributed by atoms with Crippen LogP contribution in [0, 0.1) is 0 Å². The number of hydrogen-bond donors (Lipinski definition) is 0. The van der Waals surface area contributed by atoms with Crippen LogP contribution in [0.15, 0.2) is 66.7 Å². The van der Waals surface area contributed by atoms with Crippen LogP contribution in [-0.2, 0) is 27.0 Å². The van der Waals surface area contributed by atoms with Gasteiger partial charge in [0.2, 0.25) is 0 Å². The summed E-state index contributed by atoms with van der Waals surface area (Å²) in [5.41, 5.74) is 1.79. The van der Waals surface area contributed by atoms with Gasteiger partial charge in [0.05, 0.1) is 37.8 Å². The highest BCUT2D eigenvalue weighted by molar-refractivity contribution is 5.81. The average Bonchev–Trinajstić information content (AvgIpc) is 3.20. The fraction of sp³-hybridized carbons (Fsp3) is 0.333. The van der Waals surface area contributed by atoms with Crippen LogP contribution in [0.5, 0.6) is 5.75 Å². The van der Waals surface area contributed by atoms with E-state index in [4.69, 9.17) is 14.2 Å². The van der Waals surface area contributed by atoms with E-state index in [1.807, 2.05) is 30.3 Å². The number of esters is 1. The molecule has 1 aliphatic heterocycles. The second kappa shape index (κ2) is 11.4. The summed E-state index contributed by atoms with van der Waals surface area (Å²) in [6.45, 7) is 5.32. The maximum absolute atomic E-state index is 13.7. The number of alkyl halides is 3. The summed E-state index contributed by atoms with van der Waals surface area (Å²) in [6, 6.07) is 17.3. The fourth-order valence-electron chi connectivity index (χ4n) is 4.76. The summed E-state index contributed by atoms with van der Waals surface area (Å²) >= 11 is 0. The predicted octanol–water partition coefficient (Wildman–Crippen LogP) is 7.13. The van der Waals surface area contributed by atoms with Gasteiger partial charge in [0.1, 0.15) is 11.9 Å². The number of ether oxygens (including phenoxy) is 3. The topological polar surface area (TPSA) is 65.1 Å². The van der Waals surface area contributed by atoms with E-state index in [0.29, 0.717) is 22.4 Å². The first-order valence-corrected chi connectivity index (χ1v) is 12.6. The van der Waals surface area contributed by atoms with Crippen LogP contribution in [0.25, 0.3) is 11.1 Å². The molecule has 0 spiro atoms. The Morgan fingerprint density at radius 3 is 2.41 bits per heavy atom. The molecular weight excluding hydrogens is 511 g/mol. The molecule has 3 aromatic rings. The van der Waals surface area contributed by atoms with E-state index in [0.717, 1.165) is 17.7 Å². The second-order valence-electron chi connectivity index (χ2n) is 9.39. The van der Waals surface area contributed by atoms with Crippen molar-refractivity contribution in [1.29, 1.82) is 0 Å². The van der Waals surface area contributed by atoms with Gasteiger partial charge in [-0.05, 0) is 67.3 Å². The van der Waals surface area contributed by atoms with E-state index in [1.165, 1.54) is 18.1 Å². The summed E-state index contributed by atoms with van der Waals surface area (Å²) in [5, 5.41) is 0. The van der Waals surface area contributed by atoms with Gasteiger partial charge in [0.15, 0.2) is 0 Å². The van der Waals surface area contributed by atoms with Crippen molar-refractivity contribution in [3.05, 3.63) is 89.0 Å². The van der Waals surface area contributed by atoms with Crippen molar-refractivity contribution in [3.8, 4) is 16.9 Å². The normalized spacial score (nSPS) is 18.0. The Kier molecular flexibility index (Phi) is 8.18. The molecular formula is C30H30F3NO5. The fourth-order valence-corrected chi connectivity index (χ4v) is 4.76. The molecule has 0 bridgehead atoms. The van der Waals surface area contributed by atoms with Gasteiger partial charge in [-0.15, -0.1) is 0 Å². The molecule has 0 saturated carbocycles. The Hall–Kier alpha value is -4.01. The second-order valence-corrected chi connectivity index (χ2v) is 9.39. The van der Waals surface area contributed by atoms with Crippen LogP contribution >= 0.6 is 0 Å². The Morgan fingerprint density at radius 1 is 1.05 bits per heavy atom. The van der Waals surface area contributed by atoms with E-state index in [9.17, 15) is 22.8 Å². The number of benzene rings is 3.